The van der Waals surface area contributed by atoms with Gasteiger partial charge in [-0.1, -0.05) is 0 Å². The van der Waals surface area contributed by atoms with Crippen LogP contribution in [0, 0.1) is 5.92 Å². The number of ether oxygens (including phenoxy) is 3. The first-order valence-corrected chi connectivity index (χ1v) is 6.76. The summed E-state index contributed by atoms with van der Waals surface area (Å²) in [6.07, 6.45) is 2.31. The molecular weight excluding hydrogens is 242 g/mol. The second kappa shape index (κ2) is 6.78. The summed E-state index contributed by atoms with van der Waals surface area (Å²) in [5.41, 5.74) is 1.19. The molecule has 0 aromatic heterocycles. The Morgan fingerprint density at radius 2 is 1.89 bits per heavy atom. The highest BCUT2D eigenvalue weighted by atomic mass is 16.5. The lowest BCUT2D eigenvalue weighted by Crippen LogP contribution is -2.31. The van der Waals surface area contributed by atoms with Crippen molar-refractivity contribution in [2.75, 3.05) is 34.5 Å². The van der Waals surface area contributed by atoms with Crippen molar-refractivity contribution in [3.8, 4) is 11.5 Å². The molecule has 1 aliphatic heterocycles. The third-order valence-electron chi connectivity index (χ3n) is 3.71. The molecule has 2 rings (SSSR count). The molecule has 0 spiro atoms. The van der Waals surface area contributed by atoms with Crippen LogP contribution >= 0.6 is 0 Å². The first-order valence-electron chi connectivity index (χ1n) is 6.76. The molecule has 0 amide bonds. The summed E-state index contributed by atoms with van der Waals surface area (Å²) in [4.78, 5) is 0. The molecule has 2 atom stereocenters. The molecule has 1 saturated heterocycles. The van der Waals surface area contributed by atoms with Gasteiger partial charge in [0.15, 0.2) is 0 Å². The predicted octanol–water partition coefficient (Wildman–Crippen LogP) is 2.39. The van der Waals surface area contributed by atoms with E-state index in [2.05, 4.69) is 17.4 Å². The van der Waals surface area contributed by atoms with E-state index in [1.165, 1.54) is 12.0 Å². The van der Waals surface area contributed by atoms with Crippen LogP contribution in [0.1, 0.15) is 24.4 Å². The van der Waals surface area contributed by atoms with Crippen molar-refractivity contribution in [3.63, 3.8) is 0 Å². The van der Waals surface area contributed by atoms with Gasteiger partial charge in [-0.3, -0.25) is 0 Å². The van der Waals surface area contributed by atoms with Crippen molar-refractivity contribution >= 4 is 0 Å². The SMILES string of the molecule is CNC(c1cc(OC)cc(OC)c1)C1CCCOC1. The Morgan fingerprint density at radius 1 is 1.21 bits per heavy atom. The Balaban J connectivity index is 2.25. The Kier molecular flexibility index (Phi) is 5.05. The molecule has 106 valence electrons. The van der Waals surface area contributed by atoms with E-state index in [-0.39, 0.29) is 6.04 Å². The minimum Gasteiger partial charge on any atom is -0.497 e. The largest absolute Gasteiger partial charge is 0.497 e. The van der Waals surface area contributed by atoms with Gasteiger partial charge in [0, 0.05) is 24.6 Å². The number of hydrogen-bond donors (Lipinski definition) is 1. The van der Waals surface area contributed by atoms with Crippen molar-refractivity contribution < 1.29 is 14.2 Å². The van der Waals surface area contributed by atoms with Crippen LogP contribution in [-0.2, 0) is 4.74 Å². The van der Waals surface area contributed by atoms with E-state index in [1.807, 2.05) is 13.1 Å². The third kappa shape index (κ3) is 3.39. The normalized spacial score (nSPS) is 20.9. The fourth-order valence-corrected chi connectivity index (χ4v) is 2.71. The first-order chi connectivity index (χ1) is 9.28. The van der Waals surface area contributed by atoms with E-state index >= 15 is 0 Å². The second-order valence-corrected chi connectivity index (χ2v) is 4.89. The topological polar surface area (TPSA) is 39.7 Å². The fraction of sp³-hybridized carbons (Fsp3) is 0.600. The summed E-state index contributed by atoms with van der Waals surface area (Å²) in [6.45, 7) is 1.69. The van der Waals surface area contributed by atoms with Gasteiger partial charge < -0.3 is 19.5 Å². The Hall–Kier alpha value is -1.26. The monoisotopic (exact) mass is 265 g/mol. The van der Waals surface area contributed by atoms with Crippen LogP contribution < -0.4 is 14.8 Å². The van der Waals surface area contributed by atoms with Crippen LogP contribution in [0.3, 0.4) is 0 Å². The summed E-state index contributed by atoms with van der Waals surface area (Å²) in [7, 11) is 5.35. The lowest BCUT2D eigenvalue weighted by atomic mass is 9.88. The Labute approximate surface area is 115 Å². The summed E-state index contributed by atoms with van der Waals surface area (Å²) in [6, 6.07) is 6.30. The average molecular weight is 265 g/mol. The van der Waals surface area contributed by atoms with E-state index < -0.39 is 0 Å². The molecule has 1 aromatic carbocycles. The number of nitrogens with one attached hydrogen (secondary N) is 1. The van der Waals surface area contributed by atoms with Crippen LogP contribution in [0.5, 0.6) is 11.5 Å². The van der Waals surface area contributed by atoms with Crippen LogP contribution in [-0.4, -0.2) is 34.5 Å². The molecule has 0 saturated carbocycles. The first kappa shape index (κ1) is 14.2. The zero-order valence-corrected chi connectivity index (χ0v) is 11.9. The van der Waals surface area contributed by atoms with E-state index in [4.69, 9.17) is 14.2 Å². The van der Waals surface area contributed by atoms with E-state index in [0.29, 0.717) is 5.92 Å². The molecule has 4 heteroatoms. The number of benzene rings is 1. The van der Waals surface area contributed by atoms with Gasteiger partial charge in [0.1, 0.15) is 11.5 Å². The molecule has 0 radical (unpaired) electrons. The van der Waals surface area contributed by atoms with Gasteiger partial charge in [-0.05, 0) is 37.6 Å². The minimum atomic E-state index is 0.268. The Bertz CT molecular complexity index is 380. The fourth-order valence-electron chi connectivity index (χ4n) is 2.71. The summed E-state index contributed by atoms with van der Waals surface area (Å²) >= 11 is 0. The Morgan fingerprint density at radius 3 is 2.37 bits per heavy atom. The van der Waals surface area contributed by atoms with Gasteiger partial charge in [0.2, 0.25) is 0 Å². The number of rotatable bonds is 5. The molecule has 2 unspecified atom stereocenters. The lowest BCUT2D eigenvalue weighted by molar-refractivity contribution is 0.0401. The van der Waals surface area contributed by atoms with Crippen LogP contribution in [0.4, 0.5) is 0 Å². The van der Waals surface area contributed by atoms with Crippen LogP contribution in [0.15, 0.2) is 18.2 Å². The zero-order chi connectivity index (χ0) is 13.7. The van der Waals surface area contributed by atoms with E-state index in [9.17, 15) is 0 Å². The van der Waals surface area contributed by atoms with Gasteiger partial charge in [-0.25, -0.2) is 0 Å². The molecule has 0 bridgehead atoms. The molecule has 1 aliphatic rings. The van der Waals surface area contributed by atoms with Gasteiger partial charge in [-0.15, -0.1) is 0 Å². The zero-order valence-electron chi connectivity index (χ0n) is 11.9. The molecule has 19 heavy (non-hydrogen) atoms. The third-order valence-corrected chi connectivity index (χ3v) is 3.71. The van der Waals surface area contributed by atoms with Crippen LogP contribution in [0.2, 0.25) is 0 Å². The van der Waals surface area contributed by atoms with Gasteiger partial charge >= 0.3 is 0 Å². The van der Waals surface area contributed by atoms with Crippen LogP contribution in [0.25, 0.3) is 0 Å². The molecule has 1 aromatic rings. The van der Waals surface area contributed by atoms with Crippen molar-refractivity contribution in [3.05, 3.63) is 23.8 Å². The summed E-state index contributed by atoms with van der Waals surface area (Å²) in [5.74, 6) is 2.15. The van der Waals surface area contributed by atoms with Gasteiger partial charge in [-0.2, -0.15) is 0 Å². The molecule has 4 nitrogen and oxygen atoms in total. The lowest BCUT2D eigenvalue weighted by Gasteiger charge is -2.30. The van der Waals surface area contributed by atoms with Gasteiger partial charge in [0.05, 0.1) is 20.8 Å². The van der Waals surface area contributed by atoms with Crippen molar-refractivity contribution in [1.82, 2.24) is 5.32 Å². The number of hydrogen-bond acceptors (Lipinski definition) is 4. The van der Waals surface area contributed by atoms with Crippen molar-refractivity contribution in [1.29, 1.82) is 0 Å². The molecule has 0 aliphatic carbocycles. The highest BCUT2D eigenvalue weighted by Gasteiger charge is 2.25. The minimum absolute atomic E-state index is 0.268. The van der Waals surface area contributed by atoms with E-state index in [0.717, 1.165) is 31.1 Å². The quantitative estimate of drug-likeness (QED) is 0.887. The number of methoxy groups -OCH3 is 2. The molecule has 1 fully saturated rings. The standard InChI is InChI=1S/C15H23NO3/c1-16-15(11-5-4-6-19-10-11)12-7-13(17-2)9-14(8-12)18-3/h7-9,11,15-16H,4-6,10H2,1-3H3. The molecule has 1 N–H and O–H groups in total. The molecular formula is C15H23NO3. The van der Waals surface area contributed by atoms with Crippen molar-refractivity contribution in [2.24, 2.45) is 5.92 Å². The predicted molar refractivity (Wildman–Crippen MR) is 74.9 cm³/mol. The van der Waals surface area contributed by atoms with Crippen molar-refractivity contribution in [2.45, 2.75) is 18.9 Å². The van der Waals surface area contributed by atoms with Gasteiger partial charge in [0.25, 0.3) is 0 Å². The average Bonchev–Trinajstić information content (AvgIpc) is 2.48. The maximum Gasteiger partial charge on any atom is 0.122 e. The molecule has 1 heterocycles. The highest BCUT2D eigenvalue weighted by molar-refractivity contribution is 5.40. The maximum atomic E-state index is 5.60. The highest BCUT2D eigenvalue weighted by Crippen LogP contribution is 2.33. The van der Waals surface area contributed by atoms with E-state index in [1.54, 1.807) is 14.2 Å². The second-order valence-electron chi connectivity index (χ2n) is 4.89. The summed E-state index contributed by atoms with van der Waals surface area (Å²) in [5, 5.41) is 3.40. The smallest absolute Gasteiger partial charge is 0.122 e. The summed E-state index contributed by atoms with van der Waals surface area (Å²) < 4.78 is 16.3. The maximum absolute atomic E-state index is 5.60.